The van der Waals surface area contributed by atoms with Gasteiger partial charge in [-0.05, 0) is 112 Å². The molecular formula is C60H104O28. The molecule has 32 atom stereocenters. The van der Waals surface area contributed by atoms with Crippen LogP contribution in [0.2, 0.25) is 0 Å². The van der Waals surface area contributed by atoms with E-state index in [0.29, 0.717) is 18.8 Å². The Hall–Kier alpha value is -1.38. The zero-order valence-electron chi connectivity index (χ0n) is 51.8. The van der Waals surface area contributed by atoms with Crippen molar-refractivity contribution >= 4 is 0 Å². The van der Waals surface area contributed by atoms with Gasteiger partial charge < -0.3 is 139 Å². The summed E-state index contributed by atoms with van der Waals surface area (Å²) in [5.41, 5.74) is -1.20. The smallest absolute Gasteiger partial charge is 0.187 e. The summed E-state index contributed by atoms with van der Waals surface area (Å²) in [7, 11) is 0. The van der Waals surface area contributed by atoms with Crippen molar-refractivity contribution in [1.82, 2.24) is 0 Å². The van der Waals surface area contributed by atoms with E-state index in [1.165, 1.54) is 5.57 Å². The zero-order chi connectivity index (χ0) is 64.9. The van der Waals surface area contributed by atoms with Gasteiger partial charge >= 0.3 is 0 Å². The van der Waals surface area contributed by atoms with E-state index in [9.17, 15) is 91.9 Å². The van der Waals surface area contributed by atoms with Crippen LogP contribution in [0, 0.1) is 45.3 Å². The Morgan fingerprint density at radius 3 is 1.66 bits per heavy atom. The molecule has 4 heterocycles. The zero-order valence-corrected chi connectivity index (χ0v) is 51.8. The molecule has 88 heavy (non-hydrogen) atoms. The summed E-state index contributed by atoms with van der Waals surface area (Å²) in [5, 5.41) is 191. The van der Waals surface area contributed by atoms with Crippen molar-refractivity contribution in [2.75, 3.05) is 46.2 Å². The van der Waals surface area contributed by atoms with Crippen LogP contribution in [0.4, 0.5) is 0 Å². The number of allylic oxidation sites excluding steroid dienone is 1. The lowest BCUT2D eigenvalue weighted by atomic mass is 9.39. The third-order valence-corrected chi connectivity index (χ3v) is 22.3. The molecule has 0 radical (unpaired) electrons. The maximum atomic E-state index is 11.8. The Morgan fingerprint density at radius 2 is 1.10 bits per heavy atom. The maximum Gasteiger partial charge on any atom is 0.187 e. The monoisotopic (exact) mass is 1270 g/mol. The van der Waals surface area contributed by atoms with Crippen LogP contribution in [0.15, 0.2) is 11.6 Å². The van der Waals surface area contributed by atoms with E-state index < -0.39 is 211 Å². The number of rotatable bonds is 25. The van der Waals surface area contributed by atoms with Crippen LogP contribution >= 0.6 is 0 Å². The summed E-state index contributed by atoms with van der Waals surface area (Å²) in [6, 6.07) is 0. The van der Waals surface area contributed by atoms with Crippen molar-refractivity contribution in [1.29, 1.82) is 0 Å². The van der Waals surface area contributed by atoms with E-state index in [0.717, 1.165) is 38.5 Å². The van der Waals surface area contributed by atoms with Gasteiger partial charge in [0.2, 0.25) is 0 Å². The van der Waals surface area contributed by atoms with Crippen LogP contribution in [-0.2, 0) is 47.4 Å². The molecule has 4 aliphatic heterocycles. The molecule has 512 valence electrons. The van der Waals surface area contributed by atoms with E-state index >= 15 is 0 Å². The number of aliphatic hydroxyl groups excluding tert-OH is 17. The fourth-order valence-electron chi connectivity index (χ4n) is 16.6. The van der Waals surface area contributed by atoms with Crippen molar-refractivity contribution in [3.8, 4) is 0 Å². The van der Waals surface area contributed by atoms with E-state index in [-0.39, 0.29) is 40.4 Å². The summed E-state index contributed by atoms with van der Waals surface area (Å²) in [6.07, 6.45) is -29.9. The highest BCUT2D eigenvalue weighted by Gasteiger charge is 2.68. The Balaban J connectivity index is 0.946. The molecular weight excluding hydrogens is 1170 g/mol. The first-order valence-corrected chi connectivity index (χ1v) is 31.4. The summed E-state index contributed by atoms with van der Waals surface area (Å²) in [6.45, 7) is 11.7. The van der Waals surface area contributed by atoms with Crippen LogP contribution in [0.25, 0.3) is 0 Å². The van der Waals surface area contributed by atoms with Gasteiger partial charge in [0.05, 0.1) is 64.1 Å². The predicted molar refractivity (Wildman–Crippen MR) is 301 cm³/mol. The van der Waals surface area contributed by atoms with Crippen LogP contribution in [0.1, 0.15) is 113 Å². The van der Waals surface area contributed by atoms with Crippen molar-refractivity contribution in [2.45, 2.75) is 272 Å². The van der Waals surface area contributed by atoms with Gasteiger partial charge in [-0.2, -0.15) is 0 Å². The minimum atomic E-state index is -1.93. The van der Waals surface area contributed by atoms with Crippen molar-refractivity contribution in [3.63, 3.8) is 0 Å². The van der Waals surface area contributed by atoms with E-state index in [2.05, 4.69) is 47.6 Å². The molecule has 0 amide bonds. The standard InChI is InChI=1S/C60H104O28/c1-26(9-13-38(57(4,5)78)86-55-51(88-54-48(76)44(72)41(69)33(22-64)82-54)45(73)42(70)35(84-55)25-79-39(24-66)80-31(20-62)30(67)19-61)27-15-16-60(8)36-12-10-28-29(58(36,6)17-18-59(27,60)7)11-14-37(56(28,2)3)85-52-49(77)46(74)50(34(23-65)83-52)87-53-47(75)43(71)40(68)32(21-63)81-53/h10,26-27,29-55,61-78H,9,11-25H2,1-8H3/t26-,27-,29?,30?,31?,32?,33?,34?,35?,36?,37+,38?,39?,40?,41?,42?,43?,44?,45?,46?,47?,48?,49?,50?,51?,52?,53?,54?,55?,58+,59-,60+/m1/s1. The van der Waals surface area contributed by atoms with Gasteiger partial charge in [0.15, 0.2) is 31.5 Å². The minimum absolute atomic E-state index is 0.0891. The average Bonchev–Trinajstić information content (AvgIpc) is 1.35. The summed E-state index contributed by atoms with van der Waals surface area (Å²) in [4.78, 5) is 0. The highest BCUT2D eigenvalue weighted by atomic mass is 16.8. The number of fused-ring (bicyclic) bond motifs is 5. The molecule has 28 nitrogen and oxygen atoms in total. The average molecular weight is 1270 g/mol. The molecule has 28 heteroatoms. The Bertz CT molecular complexity index is 2240. The lowest BCUT2D eigenvalue weighted by molar-refractivity contribution is -0.378. The van der Waals surface area contributed by atoms with Gasteiger partial charge in [-0.15, -0.1) is 0 Å². The molecule has 8 aliphatic rings. The SMILES string of the molecule is C[C@H](CCC(OC1OC(COC(CO)OC(CO)C(O)CO)C(O)C(O)C1OC1OC(CO)C(O)C(O)C1O)C(C)(C)O)[C@H]1CC[C@@]2(C)C3CC=C4C(CC[C@H](OC5OC(CO)C(OC6OC(CO)C(O)C(O)C6O)C(O)C5O)C4(C)C)[C@]3(C)CC[C@]12C. The molecule has 3 saturated carbocycles. The van der Waals surface area contributed by atoms with Gasteiger partial charge in [-0.25, -0.2) is 0 Å². The van der Waals surface area contributed by atoms with Gasteiger partial charge in [0, 0.05) is 5.41 Å². The minimum Gasteiger partial charge on any atom is -0.394 e. The van der Waals surface area contributed by atoms with Gasteiger partial charge in [0.1, 0.15) is 110 Å². The van der Waals surface area contributed by atoms with Crippen LogP contribution in [-0.4, -0.2) is 297 Å². The van der Waals surface area contributed by atoms with Gasteiger partial charge in [-0.1, -0.05) is 53.2 Å². The maximum absolute atomic E-state index is 11.8. The lowest BCUT2D eigenvalue weighted by Crippen LogP contribution is -2.65. The first kappa shape index (κ1) is 72.4. The fourth-order valence-corrected chi connectivity index (χ4v) is 16.6. The van der Waals surface area contributed by atoms with Crippen LogP contribution in [0.3, 0.4) is 0 Å². The number of hydrogen-bond donors (Lipinski definition) is 18. The first-order valence-electron chi connectivity index (χ1n) is 31.4. The molecule has 18 N–H and O–H groups in total. The highest BCUT2D eigenvalue weighted by Crippen LogP contribution is 2.75. The molecule has 0 aromatic carbocycles. The Labute approximate surface area is 513 Å². The Morgan fingerprint density at radius 1 is 0.568 bits per heavy atom. The van der Waals surface area contributed by atoms with E-state index in [4.69, 9.17) is 47.4 Å². The fraction of sp³-hybridized carbons (Fsp3) is 0.967. The number of ether oxygens (including phenoxy) is 10. The third kappa shape index (κ3) is 13.9. The largest absolute Gasteiger partial charge is 0.394 e. The van der Waals surface area contributed by atoms with Gasteiger partial charge in [0.25, 0.3) is 0 Å². The van der Waals surface area contributed by atoms with Gasteiger partial charge in [-0.3, -0.25) is 0 Å². The van der Waals surface area contributed by atoms with Crippen molar-refractivity contribution < 1.29 is 139 Å². The number of hydrogen-bond acceptors (Lipinski definition) is 28. The van der Waals surface area contributed by atoms with E-state index in [1.54, 1.807) is 13.8 Å². The summed E-state index contributed by atoms with van der Waals surface area (Å²) >= 11 is 0. The summed E-state index contributed by atoms with van der Waals surface area (Å²) in [5.74, 6) is 0.838. The molecule has 0 spiro atoms. The first-order chi connectivity index (χ1) is 41.3. The topological polar surface area (TPSA) is 456 Å². The summed E-state index contributed by atoms with van der Waals surface area (Å²) < 4.78 is 59.6. The molecule has 0 aromatic rings. The quantitative estimate of drug-likeness (QED) is 0.0305. The number of aliphatic hydroxyl groups is 18. The van der Waals surface area contributed by atoms with Crippen LogP contribution < -0.4 is 0 Å². The highest BCUT2D eigenvalue weighted by molar-refractivity contribution is 5.30. The van der Waals surface area contributed by atoms with Crippen LogP contribution in [0.5, 0.6) is 0 Å². The lowest BCUT2D eigenvalue weighted by Gasteiger charge is -2.66. The normalized spacial score (nSPS) is 47.2. The molecule has 8 rings (SSSR count). The predicted octanol–water partition coefficient (Wildman–Crippen LogP) is -4.13. The third-order valence-electron chi connectivity index (χ3n) is 22.3. The Kier molecular flexibility index (Phi) is 23.8. The molecule has 7 fully saturated rings. The second kappa shape index (κ2) is 28.9. The second-order valence-corrected chi connectivity index (χ2v) is 28.1. The van der Waals surface area contributed by atoms with Crippen molar-refractivity contribution in [3.05, 3.63) is 11.6 Å². The molecule has 4 aliphatic carbocycles. The molecule has 26 unspecified atom stereocenters. The van der Waals surface area contributed by atoms with E-state index in [1.807, 2.05) is 0 Å². The molecule has 4 saturated heterocycles. The second-order valence-electron chi connectivity index (χ2n) is 28.1. The van der Waals surface area contributed by atoms with Crippen molar-refractivity contribution in [2.24, 2.45) is 45.3 Å². The molecule has 0 aromatic heterocycles. The molecule has 0 bridgehead atoms.